The fourth-order valence-corrected chi connectivity index (χ4v) is 2.09. The SMILES string of the molecule is Nc1cc(C(F)(F)F)ccc1N1CCN(C=O)CC1. The van der Waals surface area contributed by atoms with Crippen molar-refractivity contribution in [2.45, 2.75) is 6.18 Å². The average molecular weight is 273 g/mol. The summed E-state index contributed by atoms with van der Waals surface area (Å²) in [7, 11) is 0. The summed E-state index contributed by atoms with van der Waals surface area (Å²) in [6, 6.07) is 3.36. The number of halogens is 3. The highest BCUT2D eigenvalue weighted by molar-refractivity contribution is 5.69. The summed E-state index contributed by atoms with van der Waals surface area (Å²) in [5.41, 5.74) is 5.63. The Labute approximate surface area is 108 Å². The maximum Gasteiger partial charge on any atom is 0.416 e. The van der Waals surface area contributed by atoms with Crippen LogP contribution < -0.4 is 10.6 Å². The fourth-order valence-electron chi connectivity index (χ4n) is 2.09. The summed E-state index contributed by atoms with van der Waals surface area (Å²) < 4.78 is 37.6. The maximum absolute atomic E-state index is 12.5. The van der Waals surface area contributed by atoms with E-state index in [-0.39, 0.29) is 5.69 Å². The van der Waals surface area contributed by atoms with Crippen LogP contribution in [0.1, 0.15) is 5.56 Å². The number of nitrogens with zero attached hydrogens (tertiary/aromatic N) is 2. The molecule has 0 aromatic heterocycles. The van der Waals surface area contributed by atoms with Crippen molar-refractivity contribution in [1.82, 2.24) is 4.90 Å². The van der Waals surface area contributed by atoms with Crippen LogP contribution in [0.5, 0.6) is 0 Å². The molecule has 1 heterocycles. The molecule has 1 aromatic carbocycles. The fraction of sp³-hybridized carbons (Fsp3) is 0.417. The first-order valence-electron chi connectivity index (χ1n) is 5.83. The van der Waals surface area contributed by atoms with Crippen LogP contribution in [0.3, 0.4) is 0 Å². The quantitative estimate of drug-likeness (QED) is 0.657. The van der Waals surface area contributed by atoms with Crippen LogP contribution in [-0.4, -0.2) is 37.5 Å². The van der Waals surface area contributed by atoms with Crippen molar-refractivity contribution in [3.8, 4) is 0 Å². The molecule has 0 aliphatic carbocycles. The highest BCUT2D eigenvalue weighted by Gasteiger charge is 2.31. The second kappa shape index (κ2) is 4.99. The van der Waals surface area contributed by atoms with E-state index in [4.69, 9.17) is 5.73 Å². The summed E-state index contributed by atoms with van der Waals surface area (Å²) in [6.07, 6.45) is -3.61. The number of amides is 1. The van der Waals surface area contributed by atoms with Gasteiger partial charge in [-0.2, -0.15) is 13.2 Å². The Kier molecular flexibility index (Phi) is 3.55. The van der Waals surface area contributed by atoms with Crippen LogP contribution in [0.25, 0.3) is 0 Å². The van der Waals surface area contributed by atoms with E-state index in [1.54, 1.807) is 4.90 Å². The lowest BCUT2D eigenvalue weighted by Crippen LogP contribution is -2.45. The van der Waals surface area contributed by atoms with Crippen molar-refractivity contribution in [3.05, 3.63) is 23.8 Å². The van der Waals surface area contributed by atoms with Crippen molar-refractivity contribution in [1.29, 1.82) is 0 Å². The molecule has 1 aliphatic rings. The lowest BCUT2D eigenvalue weighted by molar-refractivity contribution is -0.137. The molecule has 104 valence electrons. The van der Waals surface area contributed by atoms with Gasteiger partial charge in [0.25, 0.3) is 0 Å². The van der Waals surface area contributed by atoms with Gasteiger partial charge in [-0.15, -0.1) is 0 Å². The third-order valence-electron chi connectivity index (χ3n) is 3.16. The summed E-state index contributed by atoms with van der Waals surface area (Å²) in [5, 5.41) is 0. The van der Waals surface area contributed by atoms with Crippen molar-refractivity contribution in [2.75, 3.05) is 36.8 Å². The molecule has 1 aromatic rings. The van der Waals surface area contributed by atoms with Crippen LogP contribution in [0.4, 0.5) is 24.5 Å². The van der Waals surface area contributed by atoms with Gasteiger partial charge in [0, 0.05) is 26.2 Å². The van der Waals surface area contributed by atoms with Crippen LogP contribution in [-0.2, 0) is 11.0 Å². The molecule has 2 rings (SSSR count). The predicted octanol–water partition coefficient (Wildman–Crippen LogP) is 1.57. The molecule has 2 N–H and O–H groups in total. The van der Waals surface area contributed by atoms with Gasteiger partial charge < -0.3 is 15.5 Å². The van der Waals surface area contributed by atoms with Crippen molar-refractivity contribution in [3.63, 3.8) is 0 Å². The van der Waals surface area contributed by atoms with Gasteiger partial charge in [0.15, 0.2) is 0 Å². The van der Waals surface area contributed by atoms with Gasteiger partial charge in [-0.3, -0.25) is 4.79 Å². The molecular formula is C12H14F3N3O. The van der Waals surface area contributed by atoms with Crippen molar-refractivity contribution in [2.24, 2.45) is 0 Å². The van der Waals surface area contributed by atoms with Gasteiger partial charge in [0.05, 0.1) is 16.9 Å². The Balaban J connectivity index is 2.16. The number of anilines is 2. The minimum atomic E-state index is -4.39. The van der Waals surface area contributed by atoms with Gasteiger partial charge in [-0.1, -0.05) is 0 Å². The number of rotatable bonds is 2. The van der Waals surface area contributed by atoms with Crippen molar-refractivity contribution >= 4 is 17.8 Å². The molecule has 4 nitrogen and oxygen atoms in total. The molecule has 0 radical (unpaired) electrons. The number of hydrogen-bond acceptors (Lipinski definition) is 3. The lowest BCUT2D eigenvalue weighted by Gasteiger charge is -2.34. The summed E-state index contributed by atoms with van der Waals surface area (Å²) >= 11 is 0. The largest absolute Gasteiger partial charge is 0.416 e. The topological polar surface area (TPSA) is 49.6 Å². The molecule has 0 atom stereocenters. The molecular weight excluding hydrogens is 259 g/mol. The highest BCUT2D eigenvalue weighted by atomic mass is 19.4. The molecule has 0 spiro atoms. The zero-order chi connectivity index (χ0) is 14.0. The number of nitrogen functional groups attached to an aromatic ring is 1. The highest BCUT2D eigenvalue weighted by Crippen LogP contribution is 2.34. The van der Waals surface area contributed by atoms with E-state index < -0.39 is 11.7 Å². The van der Waals surface area contributed by atoms with E-state index in [9.17, 15) is 18.0 Å². The van der Waals surface area contributed by atoms with E-state index in [1.165, 1.54) is 6.07 Å². The molecule has 1 saturated heterocycles. The van der Waals surface area contributed by atoms with E-state index >= 15 is 0 Å². The van der Waals surface area contributed by atoms with Gasteiger partial charge in [0.1, 0.15) is 0 Å². The number of hydrogen-bond donors (Lipinski definition) is 1. The zero-order valence-electron chi connectivity index (χ0n) is 10.2. The average Bonchev–Trinajstić information content (AvgIpc) is 2.38. The molecule has 1 aliphatic heterocycles. The van der Waals surface area contributed by atoms with E-state index in [0.29, 0.717) is 31.9 Å². The Morgan fingerprint density at radius 1 is 1.16 bits per heavy atom. The Bertz CT molecular complexity index is 468. The number of benzene rings is 1. The summed E-state index contributed by atoms with van der Waals surface area (Å²) in [6.45, 7) is 2.22. The maximum atomic E-state index is 12.5. The first kappa shape index (κ1) is 13.5. The number of carbonyl (C=O) groups is 1. The molecule has 7 heteroatoms. The normalized spacial score (nSPS) is 16.6. The van der Waals surface area contributed by atoms with Crippen LogP contribution in [0.15, 0.2) is 18.2 Å². The van der Waals surface area contributed by atoms with Crippen LogP contribution in [0, 0.1) is 0 Å². The minimum Gasteiger partial charge on any atom is -0.397 e. The zero-order valence-corrected chi connectivity index (χ0v) is 10.2. The molecule has 0 unspecified atom stereocenters. The van der Waals surface area contributed by atoms with Gasteiger partial charge in [0.2, 0.25) is 6.41 Å². The third-order valence-corrected chi connectivity index (χ3v) is 3.16. The minimum absolute atomic E-state index is 0.106. The number of piperazine rings is 1. The molecule has 1 fully saturated rings. The Hall–Kier alpha value is -1.92. The monoisotopic (exact) mass is 273 g/mol. The van der Waals surface area contributed by atoms with E-state index in [0.717, 1.165) is 18.5 Å². The summed E-state index contributed by atoms with van der Waals surface area (Å²) in [5.74, 6) is 0. The third kappa shape index (κ3) is 2.91. The number of nitrogens with two attached hydrogens (primary N) is 1. The smallest absolute Gasteiger partial charge is 0.397 e. The van der Waals surface area contributed by atoms with Crippen LogP contribution in [0.2, 0.25) is 0 Å². The predicted molar refractivity (Wildman–Crippen MR) is 65.7 cm³/mol. The number of alkyl halides is 3. The van der Waals surface area contributed by atoms with E-state index in [2.05, 4.69) is 0 Å². The first-order chi connectivity index (χ1) is 8.91. The van der Waals surface area contributed by atoms with E-state index in [1.807, 2.05) is 4.90 Å². The standard InChI is InChI=1S/C12H14F3N3O/c13-12(14,15)9-1-2-11(10(16)7-9)18-5-3-17(8-19)4-6-18/h1-2,7-8H,3-6,16H2. The van der Waals surface area contributed by atoms with Gasteiger partial charge in [-0.25, -0.2) is 0 Å². The van der Waals surface area contributed by atoms with Crippen LogP contribution >= 0.6 is 0 Å². The van der Waals surface area contributed by atoms with Gasteiger partial charge >= 0.3 is 6.18 Å². The molecule has 1 amide bonds. The Morgan fingerprint density at radius 3 is 2.26 bits per heavy atom. The molecule has 0 saturated carbocycles. The van der Waals surface area contributed by atoms with Crippen molar-refractivity contribution < 1.29 is 18.0 Å². The molecule has 19 heavy (non-hydrogen) atoms. The second-order valence-corrected chi connectivity index (χ2v) is 4.40. The second-order valence-electron chi connectivity index (χ2n) is 4.40. The Morgan fingerprint density at radius 2 is 1.79 bits per heavy atom. The molecule has 0 bridgehead atoms. The number of carbonyl (C=O) groups excluding carboxylic acids is 1. The first-order valence-corrected chi connectivity index (χ1v) is 5.83. The summed E-state index contributed by atoms with van der Waals surface area (Å²) in [4.78, 5) is 14.1. The lowest BCUT2D eigenvalue weighted by atomic mass is 10.1. The van der Waals surface area contributed by atoms with Gasteiger partial charge in [-0.05, 0) is 18.2 Å².